The van der Waals surface area contributed by atoms with Crippen molar-refractivity contribution in [2.45, 2.75) is 38.8 Å². The van der Waals surface area contributed by atoms with E-state index in [0.29, 0.717) is 17.1 Å². The standard InChI is InChI=1S/C29H34ClN3O4S/c1-22-10-7-13-24(18-22)21-32(27(29(35)31-2)19-23-11-5-4-6-12-23)28(34)16-9-17-33(38(3,36)37)26-15-8-14-25(30)20-26/h4-8,10-15,18,20,27H,9,16-17,19,21H2,1-3H3,(H,31,35)/t27-/m0/s1. The molecule has 0 aliphatic carbocycles. The number of benzene rings is 3. The van der Waals surface area contributed by atoms with Gasteiger partial charge < -0.3 is 10.2 Å². The quantitative estimate of drug-likeness (QED) is 0.354. The SMILES string of the molecule is CNC(=O)[C@H](Cc1ccccc1)N(Cc1cccc(C)c1)C(=O)CCCN(c1cccc(Cl)c1)S(C)(=O)=O. The van der Waals surface area contributed by atoms with Gasteiger partial charge in [0.2, 0.25) is 21.8 Å². The van der Waals surface area contributed by atoms with E-state index in [1.807, 2.05) is 61.5 Å². The van der Waals surface area contributed by atoms with Gasteiger partial charge in [0.25, 0.3) is 0 Å². The first kappa shape index (κ1) is 29.2. The van der Waals surface area contributed by atoms with Gasteiger partial charge in [0, 0.05) is 38.0 Å². The van der Waals surface area contributed by atoms with Crippen molar-refractivity contribution >= 4 is 39.1 Å². The summed E-state index contributed by atoms with van der Waals surface area (Å²) in [5.74, 6) is -0.484. The van der Waals surface area contributed by atoms with Crippen LogP contribution in [-0.2, 0) is 32.6 Å². The van der Waals surface area contributed by atoms with Crippen LogP contribution in [0, 0.1) is 6.92 Å². The van der Waals surface area contributed by atoms with Crippen molar-refractivity contribution in [3.63, 3.8) is 0 Å². The highest BCUT2D eigenvalue weighted by atomic mass is 35.5. The lowest BCUT2D eigenvalue weighted by Crippen LogP contribution is -2.49. The highest BCUT2D eigenvalue weighted by Crippen LogP contribution is 2.23. The lowest BCUT2D eigenvalue weighted by molar-refractivity contribution is -0.141. The fourth-order valence-corrected chi connectivity index (χ4v) is 5.50. The molecule has 2 amide bonds. The lowest BCUT2D eigenvalue weighted by Gasteiger charge is -2.31. The fourth-order valence-electron chi connectivity index (χ4n) is 4.36. The van der Waals surface area contributed by atoms with Crippen LogP contribution >= 0.6 is 11.6 Å². The first-order valence-corrected chi connectivity index (χ1v) is 14.6. The summed E-state index contributed by atoms with van der Waals surface area (Å²) < 4.78 is 26.2. The predicted octanol–water partition coefficient (Wildman–Crippen LogP) is 4.58. The Hall–Kier alpha value is -3.36. The highest BCUT2D eigenvalue weighted by molar-refractivity contribution is 7.92. The summed E-state index contributed by atoms with van der Waals surface area (Å²) in [5.41, 5.74) is 3.35. The topological polar surface area (TPSA) is 86.8 Å². The molecular formula is C29H34ClN3O4S. The summed E-state index contributed by atoms with van der Waals surface area (Å²) in [4.78, 5) is 28.3. The molecule has 0 aliphatic rings. The largest absolute Gasteiger partial charge is 0.357 e. The van der Waals surface area contributed by atoms with Gasteiger partial charge in [0.15, 0.2) is 0 Å². The molecule has 0 saturated carbocycles. The second-order valence-electron chi connectivity index (χ2n) is 9.25. The third-order valence-corrected chi connectivity index (χ3v) is 7.63. The predicted molar refractivity (Wildman–Crippen MR) is 153 cm³/mol. The van der Waals surface area contributed by atoms with E-state index in [2.05, 4.69) is 5.32 Å². The van der Waals surface area contributed by atoms with Crippen LogP contribution in [-0.4, -0.2) is 51.0 Å². The second-order valence-corrected chi connectivity index (χ2v) is 11.6. The molecule has 0 fully saturated rings. The monoisotopic (exact) mass is 555 g/mol. The summed E-state index contributed by atoms with van der Waals surface area (Å²) in [6, 6.07) is 23.3. The smallest absolute Gasteiger partial charge is 0.242 e. The number of likely N-dealkylation sites (N-methyl/N-ethyl adjacent to an activating group) is 1. The molecule has 0 aliphatic heterocycles. The van der Waals surface area contributed by atoms with Crippen LogP contribution in [0.15, 0.2) is 78.9 Å². The maximum atomic E-state index is 13.7. The number of rotatable bonds is 12. The Kier molecular flexibility index (Phi) is 10.3. The van der Waals surface area contributed by atoms with Crippen LogP contribution < -0.4 is 9.62 Å². The van der Waals surface area contributed by atoms with E-state index in [4.69, 9.17) is 11.6 Å². The summed E-state index contributed by atoms with van der Waals surface area (Å²) >= 11 is 6.08. The van der Waals surface area contributed by atoms with Gasteiger partial charge >= 0.3 is 0 Å². The molecular weight excluding hydrogens is 522 g/mol. The fraction of sp³-hybridized carbons (Fsp3) is 0.310. The van der Waals surface area contributed by atoms with Crippen molar-refractivity contribution < 1.29 is 18.0 Å². The molecule has 202 valence electrons. The minimum absolute atomic E-state index is 0.0701. The van der Waals surface area contributed by atoms with Crippen molar-refractivity contribution in [1.82, 2.24) is 10.2 Å². The van der Waals surface area contributed by atoms with Gasteiger partial charge in [0.1, 0.15) is 6.04 Å². The van der Waals surface area contributed by atoms with Crippen LogP contribution in [0.3, 0.4) is 0 Å². The number of carbonyl (C=O) groups excluding carboxylic acids is 2. The van der Waals surface area contributed by atoms with E-state index in [1.54, 1.807) is 36.2 Å². The number of aryl methyl sites for hydroxylation is 1. The van der Waals surface area contributed by atoms with E-state index in [-0.39, 0.29) is 37.7 Å². The van der Waals surface area contributed by atoms with Crippen molar-refractivity contribution in [1.29, 1.82) is 0 Å². The Morgan fingerprint density at radius 2 is 1.63 bits per heavy atom. The van der Waals surface area contributed by atoms with Crippen molar-refractivity contribution in [2.24, 2.45) is 0 Å². The molecule has 0 aromatic heterocycles. The van der Waals surface area contributed by atoms with Crippen LogP contribution in [0.5, 0.6) is 0 Å². The molecule has 0 bridgehead atoms. The van der Waals surface area contributed by atoms with E-state index in [1.165, 1.54) is 4.31 Å². The first-order chi connectivity index (χ1) is 18.1. The van der Waals surface area contributed by atoms with E-state index >= 15 is 0 Å². The molecule has 0 unspecified atom stereocenters. The molecule has 0 heterocycles. The lowest BCUT2D eigenvalue weighted by atomic mass is 10.0. The average molecular weight is 556 g/mol. The van der Waals surface area contributed by atoms with Gasteiger partial charge in [0.05, 0.1) is 11.9 Å². The first-order valence-electron chi connectivity index (χ1n) is 12.4. The van der Waals surface area contributed by atoms with Crippen LogP contribution in [0.2, 0.25) is 5.02 Å². The van der Waals surface area contributed by atoms with Crippen LogP contribution in [0.4, 0.5) is 5.69 Å². The van der Waals surface area contributed by atoms with E-state index in [9.17, 15) is 18.0 Å². The zero-order valence-corrected chi connectivity index (χ0v) is 23.5. The van der Waals surface area contributed by atoms with Crippen LogP contribution in [0.1, 0.15) is 29.5 Å². The van der Waals surface area contributed by atoms with Crippen molar-refractivity contribution in [2.75, 3.05) is 24.2 Å². The van der Waals surface area contributed by atoms with Gasteiger partial charge in [-0.1, -0.05) is 77.8 Å². The van der Waals surface area contributed by atoms with Crippen LogP contribution in [0.25, 0.3) is 0 Å². The van der Waals surface area contributed by atoms with Gasteiger partial charge in [-0.25, -0.2) is 8.42 Å². The molecule has 1 N–H and O–H groups in total. The summed E-state index contributed by atoms with van der Waals surface area (Å²) in [6.07, 6.45) is 1.83. The summed E-state index contributed by atoms with van der Waals surface area (Å²) in [5, 5.41) is 3.13. The Bertz CT molecular complexity index is 1350. The molecule has 3 aromatic carbocycles. The number of hydrogen-bond donors (Lipinski definition) is 1. The summed E-state index contributed by atoms with van der Waals surface area (Å²) in [6.45, 7) is 2.34. The number of halogens is 1. The van der Waals surface area contributed by atoms with Crippen molar-refractivity contribution in [3.05, 3.63) is 101 Å². The molecule has 7 nitrogen and oxygen atoms in total. The van der Waals surface area contributed by atoms with Crippen molar-refractivity contribution in [3.8, 4) is 0 Å². The Morgan fingerprint density at radius 3 is 2.26 bits per heavy atom. The van der Waals surface area contributed by atoms with Gasteiger partial charge in [-0.05, 0) is 42.7 Å². The zero-order valence-electron chi connectivity index (χ0n) is 21.9. The maximum absolute atomic E-state index is 13.7. The molecule has 0 spiro atoms. The number of hydrogen-bond acceptors (Lipinski definition) is 4. The molecule has 0 radical (unpaired) electrons. The molecule has 1 atom stereocenters. The minimum atomic E-state index is -3.59. The maximum Gasteiger partial charge on any atom is 0.242 e. The average Bonchev–Trinajstić information content (AvgIpc) is 2.88. The van der Waals surface area contributed by atoms with E-state index in [0.717, 1.165) is 22.9 Å². The highest BCUT2D eigenvalue weighted by Gasteiger charge is 2.30. The normalized spacial score (nSPS) is 12.0. The number of nitrogens with zero attached hydrogens (tertiary/aromatic N) is 2. The van der Waals surface area contributed by atoms with Gasteiger partial charge in [-0.2, -0.15) is 0 Å². The number of anilines is 1. The third-order valence-electron chi connectivity index (χ3n) is 6.20. The molecule has 0 saturated heterocycles. The number of carbonyl (C=O) groups is 2. The molecule has 9 heteroatoms. The molecule has 3 rings (SSSR count). The number of sulfonamides is 1. The number of nitrogens with one attached hydrogen (secondary N) is 1. The zero-order chi connectivity index (χ0) is 27.7. The Morgan fingerprint density at radius 1 is 0.947 bits per heavy atom. The second kappa shape index (κ2) is 13.4. The molecule has 3 aromatic rings. The molecule has 38 heavy (non-hydrogen) atoms. The Balaban J connectivity index is 1.84. The number of amides is 2. The van der Waals surface area contributed by atoms with Gasteiger partial charge in [-0.3, -0.25) is 13.9 Å². The van der Waals surface area contributed by atoms with Gasteiger partial charge in [-0.15, -0.1) is 0 Å². The Labute approximate surface area is 230 Å². The minimum Gasteiger partial charge on any atom is -0.357 e. The summed E-state index contributed by atoms with van der Waals surface area (Å²) in [7, 11) is -2.03. The third kappa shape index (κ3) is 8.33. The van der Waals surface area contributed by atoms with E-state index < -0.39 is 16.1 Å².